The van der Waals surface area contributed by atoms with E-state index in [0.29, 0.717) is 24.3 Å². The second-order valence-electron chi connectivity index (χ2n) is 7.98. The van der Waals surface area contributed by atoms with Crippen LogP contribution in [0.2, 0.25) is 0 Å². The third kappa shape index (κ3) is 6.25. The Kier molecular flexibility index (Phi) is 7.44. The highest BCUT2D eigenvalue weighted by Crippen LogP contribution is 2.16. The van der Waals surface area contributed by atoms with Crippen molar-refractivity contribution in [1.82, 2.24) is 15.4 Å². The first-order valence-electron chi connectivity index (χ1n) is 11.1. The molecule has 0 radical (unpaired) electrons. The molecule has 1 saturated heterocycles. The molecule has 0 spiro atoms. The van der Waals surface area contributed by atoms with Crippen molar-refractivity contribution >= 4 is 17.8 Å². The number of ketones is 1. The van der Waals surface area contributed by atoms with Gasteiger partial charge in [-0.05, 0) is 37.0 Å². The van der Waals surface area contributed by atoms with Gasteiger partial charge in [0.2, 0.25) is 5.78 Å². The number of rotatable bonds is 8. The second kappa shape index (κ2) is 10.8. The standard InChI is InChI=1S/C26H27N3O4/c1-18-25(26(31)21-7-3-2-4-8-21)28-22(27-18)17-20-12-10-19(11-13-20)14-15-23(30)29-33-24-9-5-6-16-32-24/h2-4,7-8,10-15,24H,5-6,9,16-17H2,1H3,(H,27,28)(H,29,30). The van der Waals surface area contributed by atoms with Crippen molar-refractivity contribution in [3.05, 3.63) is 94.6 Å². The Morgan fingerprint density at radius 1 is 1.15 bits per heavy atom. The Morgan fingerprint density at radius 3 is 2.67 bits per heavy atom. The molecular formula is C26H27N3O4. The lowest BCUT2D eigenvalue weighted by molar-refractivity contribution is -0.198. The van der Waals surface area contributed by atoms with Gasteiger partial charge in [-0.25, -0.2) is 15.3 Å². The SMILES string of the molecule is Cc1[nH]c(Cc2ccc(C=CC(=O)NOC3CCCCO3)cc2)nc1C(=O)c1ccccc1. The van der Waals surface area contributed by atoms with E-state index >= 15 is 0 Å². The van der Waals surface area contributed by atoms with Gasteiger partial charge in [0.25, 0.3) is 5.91 Å². The summed E-state index contributed by atoms with van der Waals surface area (Å²) in [7, 11) is 0. The lowest BCUT2D eigenvalue weighted by Crippen LogP contribution is -2.32. The summed E-state index contributed by atoms with van der Waals surface area (Å²) in [6.45, 7) is 2.51. The fraction of sp³-hybridized carbons (Fsp3) is 0.269. The number of nitrogens with one attached hydrogen (secondary N) is 2. The number of nitrogens with zero attached hydrogens (tertiary/aromatic N) is 1. The molecule has 4 rings (SSSR count). The van der Waals surface area contributed by atoms with Crippen LogP contribution in [0, 0.1) is 6.92 Å². The molecule has 3 aromatic rings. The number of carbonyl (C=O) groups is 2. The van der Waals surface area contributed by atoms with Crippen LogP contribution in [0.25, 0.3) is 6.08 Å². The Hall–Kier alpha value is -3.55. The number of carbonyl (C=O) groups excluding carboxylic acids is 2. The van der Waals surface area contributed by atoms with Crippen molar-refractivity contribution < 1.29 is 19.2 Å². The molecule has 2 heterocycles. The molecule has 1 atom stereocenters. The van der Waals surface area contributed by atoms with Gasteiger partial charge in [-0.15, -0.1) is 0 Å². The lowest BCUT2D eigenvalue weighted by atomic mass is 10.1. The van der Waals surface area contributed by atoms with Crippen molar-refractivity contribution in [2.45, 2.75) is 38.9 Å². The number of hydrogen-bond acceptors (Lipinski definition) is 5. The van der Waals surface area contributed by atoms with E-state index in [1.54, 1.807) is 18.2 Å². The number of hydroxylamine groups is 1. The molecule has 1 unspecified atom stereocenters. The number of benzene rings is 2. The van der Waals surface area contributed by atoms with Crippen molar-refractivity contribution in [1.29, 1.82) is 0 Å². The molecule has 170 valence electrons. The lowest BCUT2D eigenvalue weighted by Gasteiger charge is -2.21. The smallest absolute Gasteiger partial charge is 0.267 e. The van der Waals surface area contributed by atoms with Crippen LogP contribution in [0.4, 0.5) is 0 Å². The van der Waals surface area contributed by atoms with Crippen LogP contribution in [-0.4, -0.2) is 34.6 Å². The van der Waals surface area contributed by atoms with Gasteiger partial charge in [0.05, 0.1) is 0 Å². The largest absolute Gasteiger partial charge is 0.350 e. The maximum absolute atomic E-state index is 12.7. The van der Waals surface area contributed by atoms with Crippen LogP contribution in [-0.2, 0) is 20.8 Å². The zero-order valence-electron chi connectivity index (χ0n) is 18.5. The predicted octanol–water partition coefficient (Wildman–Crippen LogP) is 4.13. The van der Waals surface area contributed by atoms with E-state index < -0.39 is 0 Å². The number of aromatic amines is 1. The average molecular weight is 446 g/mol. The summed E-state index contributed by atoms with van der Waals surface area (Å²) in [5.41, 5.74) is 6.16. The van der Waals surface area contributed by atoms with E-state index in [1.807, 2.05) is 49.4 Å². The Balaban J connectivity index is 1.32. The predicted molar refractivity (Wildman–Crippen MR) is 124 cm³/mol. The molecule has 1 amide bonds. The van der Waals surface area contributed by atoms with Crippen molar-refractivity contribution in [3.63, 3.8) is 0 Å². The number of hydrogen-bond donors (Lipinski definition) is 2. The molecule has 1 fully saturated rings. The number of aryl methyl sites for hydroxylation is 1. The van der Waals surface area contributed by atoms with Gasteiger partial charge in [0, 0.05) is 36.8 Å². The second-order valence-corrected chi connectivity index (χ2v) is 7.98. The summed E-state index contributed by atoms with van der Waals surface area (Å²) < 4.78 is 5.41. The fourth-order valence-electron chi connectivity index (χ4n) is 3.63. The summed E-state index contributed by atoms with van der Waals surface area (Å²) in [5.74, 6) is 0.305. The fourth-order valence-corrected chi connectivity index (χ4v) is 3.63. The molecule has 0 saturated carbocycles. The average Bonchev–Trinajstić information content (AvgIpc) is 3.22. The van der Waals surface area contributed by atoms with Gasteiger partial charge < -0.3 is 9.72 Å². The number of ether oxygens (including phenoxy) is 1. The molecule has 7 heteroatoms. The minimum atomic E-state index is -0.371. The van der Waals surface area contributed by atoms with Crippen LogP contribution in [0.15, 0.2) is 60.7 Å². The van der Waals surface area contributed by atoms with E-state index in [9.17, 15) is 9.59 Å². The first kappa shape index (κ1) is 22.6. The summed E-state index contributed by atoms with van der Waals surface area (Å²) in [5, 5.41) is 0. The van der Waals surface area contributed by atoms with E-state index in [-0.39, 0.29) is 18.0 Å². The first-order chi connectivity index (χ1) is 16.1. The number of amides is 1. The molecule has 2 aromatic carbocycles. The van der Waals surface area contributed by atoms with Gasteiger partial charge in [-0.1, -0.05) is 54.6 Å². The maximum atomic E-state index is 12.7. The van der Waals surface area contributed by atoms with E-state index in [0.717, 1.165) is 41.9 Å². The van der Waals surface area contributed by atoms with E-state index in [4.69, 9.17) is 9.57 Å². The molecule has 0 aliphatic carbocycles. The minimum Gasteiger partial charge on any atom is -0.350 e. The number of imidazole rings is 1. The van der Waals surface area contributed by atoms with Crippen molar-refractivity contribution in [2.75, 3.05) is 6.61 Å². The summed E-state index contributed by atoms with van der Waals surface area (Å²) in [6.07, 6.45) is 6.18. The molecule has 7 nitrogen and oxygen atoms in total. The summed E-state index contributed by atoms with van der Waals surface area (Å²) in [6, 6.07) is 16.9. The number of aromatic nitrogens is 2. The Labute approximate surface area is 192 Å². The molecule has 0 bridgehead atoms. The third-order valence-electron chi connectivity index (χ3n) is 5.39. The quantitative estimate of drug-likeness (QED) is 0.309. The highest BCUT2D eigenvalue weighted by Gasteiger charge is 2.17. The Morgan fingerprint density at radius 2 is 1.94 bits per heavy atom. The highest BCUT2D eigenvalue weighted by molar-refractivity contribution is 6.08. The van der Waals surface area contributed by atoms with Gasteiger partial charge in [0.15, 0.2) is 6.29 Å². The van der Waals surface area contributed by atoms with Crippen LogP contribution >= 0.6 is 0 Å². The first-order valence-corrected chi connectivity index (χ1v) is 11.1. The van der Waals surface area contributed by atoms with Gasteiger partial charge in [-0.3, -0.25) is 9.59 Å². The Bertz CT molecular complexity index is 1110. The van der Waals surface area contributed by atoms with Gasteiger partial charge in [-0.2, -0.15) is 0 Å². The van der Waals surface area contributed by atoms with Crippen LogP contribution < -0.4 is 5.48 Å². The highest BCUT2D eigenvalue weighted by atomic mass is 16.8. The normalized spacial score (nSPS) is 16.1. The van der Waals surface area contributed by atoms with E-state index in [1.165, 1.54) is 6.08 Å². The van der Waals surface area contributed by atoms with Gasteiger partial charge in [0.1, 0.15) is 11.5 Å². The molecule has 33 heavy (non-hydrogen) atoms. The zero-order valence-corrected chi connectivity index (χ0v) is 18.5. The van der Waals surface area contributed by atoms with Gasteiger partial charge >= 0.3 is 0 Å². The monoisotopic (exact) mass is 445 g/mol. The van der Waals surface area contributed by atoms with Crippen LogP contribution in [0.5, 0.6) is 0 Å². The van der Waals surface area contributed by atoms with Crippen molar-refractivity contribution in [3.8, 4) is 0 Å². The molecule has 2 N–H and O–H groups in total. The van der Waals surface area contributed by atoms with Crippen molar-refractivity contribution in [2.24, 2.45) is 0 Å². The molecule has 1 aliphatic heterocycles. The molecular weight excluding hydrogens is 418 g/mol. The number of H-pyrrole nitrogens is 1. The minimum absolute atomic E-state index is 0.0895. The zero-order chi connectivity index (χ0) is 23.0. The van der Waals surface area contributed by atoms with Crippen LogP contribution in [0.3, 0.4) is 0 Å². The third-order valence-corrected chi connectivity index (χ3v) is 5.39. The molecule has 1 aromatic heterocycles. The summed E-state index contributed by atoms with van der Waals surface area (Å²) in [4.78, 5) is 37.7. The maximum Gasteiger partial charge on any atom is 0.267 e. The topological polar surface area (TPSA) is 93.3 Å². The van der Waals surface area contributed by atoms with E-state index in [2.05, 4.69) is 15.4 Å². The molecule has 1 aliphatic rings. The summed E-state index contributed by atoms with van der Waals surface area (Å²) >= 11 is 0. The van der Waals surface area contributed by atoms with Crippen LogP contribution in [0.1, 0.15) is 58.0 Å².